The Balaban J connectivity index is 1.39. The van der Waals surface area contributed by atoms with Crippen molar-refractivity contribution in [2.24, 2.45) is 10.1 Å². The number of aromatic nitrogens is 1. The Morgan fingerprint density at radius 1 is 1.31 bits per heavy atom. The zero-order chi connectivity index (χ0) is 22.7. The van der Waals surface area contributed by atoms with Crippen molar-refractivity contribution < 1.29 is 23.0 Å². The summed E-state index contributed by atoms with van der Waals surface area (Å²) in [5.41, 5.74) is 7.02. The third kappa shape index (κ3) is 4.57. The Hall–Kier alpha value is -2.69. The van der Waals surface area contributed by atoms with Gasteiger partial charge in [0.25, 0.3) is 0 Å². The Kier molecular flexibility index (Phi) is 6.63. The van der Waals surface area contributed by atoms with Crippen LogP contribution in [0, 0.1) is 0 Å². The first-order chi connectivity index (χ1) is 15.4. The molecule has 3 heterocycles. The minimum atomic E-state index is -2.87. The van der Waals surface area contributed by atoms with E-state index in [2.05, 4.69) is 14.1 Å². The molecule has 1 amide bonds. The molecule has 4 rings (SSSR count). The molecule has 0 bridgehead atoms. The quantitative estimate of drug-likeness (QED) is 0.482. The zero-order valence-corrected chi connectivity index (χ0v) is 18.3. The van der Waals surface area contributed by atoms with Crippen LogP contribution in [-0.2, 0) is 14.9 Å². The lowest BCUT2D eigenvalue weighted by Crippen LogP contribution is -2.59. The van der Waals surface area contributed by atoms with Gasteiger partial charge in [-0.3, -0.25) is 9.78 Å². The molecule has 2 aromatic rings. The maximum atomic E-state index is 13.3. The van der Waals surface area contributed by atoms with Gasteiger partial charge in [0.2, 0.25) is 5.91 Å². The SMILES string of the molecule is NC1=C(C=NSc2ccc(OC(F)F)cc2)CN(C(=O)C2(c3ncccc3Cl)COC2)C1. The number of hydrogen-bond donors (Lipinski definition) is 1. The van der Waals surface area contributed by atoms with Crippen LogP contribution in [0.4, 0.5) is 8.78 Å². The summed E-state index contributed by atoms with van der Waals surface area (Å²) < 4.78 is 38.4. The average molecular weight is 481 g/mol. The normalized spacial score (nSPS) is 17.8. The van der Waals surface area contributed by atoms with E-state index in [-0.39, 0.29) is 31.4 Å². The summed E-state index contributed by atoms with van der Waals surface area (Å²) in [7, 11) is 0. The van der Waals surface area contributed by atoms with Gasteiger partial charge in [0.15, 0.2) is 0 Å². The van der Waals surface area contributed by atoms with Crippen LogP contribution in [0.2, 0.25) is 5.02 Å². The molecular weight excluding hydrogens is 462 g/mol. The van der Waals surface area contributed by atoms with Crippen LogP contribution >= 0.6 is 23.5 Å². The van der Waals surface area contributed by atoms with E-state index in [0.717, 1.165) is 22.4 Å². The number of nitrogens with zero attached hydrogens (tertiary/aromatic N) is 3. The second-order valence-electron chi connectivity index (χ2n) is 7.30. The number of hydrogen-bond acceptors (Lipinski definition) is 7. The van der Waals surface area contributed by atoms with Gasteiger partial charge in [-0.2, -0.15) is 8.78 Å². The summed E-state index contributed by atoms with van der Waals surface area (Å²) in [6.45, 7) is -1.86. The predicted octanol–water partition coefficient (Wildman–Crippen LogP) is 3.44. The zero-order valence-electron chi connectivity index (χ0n) is 16.7. The fraction of sp³-hybridized carbons (Fsp3) is 0.286. The molecule has 1 aromatic heterocycles. The van der Waals surface area contributed by atoms with Gasteiger partial charge in [-0.05, 0) is 36.4 Å². The molecule has 11 heteroatoms. The molecule has 2 aliphatic rings. The molecule has 0 radical (unpaired) electrons. The number of carbonyl (C=O) groups excluding carboxylic acids is 1. The number of rotatable bonds is 7. The van der Waals surface area contributed by atoms with Gasteiger partial charge >= 0.3 is 6.61 Å². The first kappa shape index (κ1) is 22.5. The first-order valence-electron chi connectivity index (χ1n) is 9.60. The predicted molar refractivity (Wildman–Crippen MR) is 117 cm³/mol. The topological polar surface area (TPSA) is 90.0 Å². The molecule has 1 saturated heterocycles. The summed E-state index contributed by atoms with van der Waals surface area (Å²) >= 11 is 7.45. The van der Waals surface area contributed by atoms with Crippen LogP contribution in [0.3, 0.4) is 0 Å². The third-order valence-electron chi connectivity index (χ3n) is 5.16. The summed E-state index contributed by atoms with van der Waals surface area (Å²) in [6, 6.07) is 9.55. The van der Waals surface area contributed by atoms with Gasteiger partial charge in [-0.1, -0.05) is 11.6 Å². The number of nitrogens with two attached hydrogens (primary N) is 1. The van der Waals surface area contributed by atoms with Gasteiger partial charge in [0.05, 0.1) is 30.5 Å². The molecule has 2 aliphatic heterocycles. The minimum Gasteiger partial charge on any atom is -0.435 e. The summed E-state index contributed by atoms with van der Waals surface area (Å²) in [4.78, 5) is 20.1. The second-order valence-corrected chi connectivity index (χ2v) is 8.57. The summed E-state index contributed by atoms with van der Waals surface area (Å²) in [5.74, 6) is -0.0647. The van der Waals surface area contributed by atoms with E-state index in [1.165, 1.54) is 12.1 Å². The van der Waals surface area contributed by atoms with Crippen molar-refractivity contribution in [2.75, 3.05) is 26.3 Å². The van der Waals surface area contributed by atoms with Gasteiger partial charge in [0.1, 0.15) is 11.2 Å². The number of amides is 1. The number of benzene rings is 1. The molecule has 0 saturated carbocycles. The van der Waals surface area contributed by atoms with E-state index in [4.69, 9.17) is 22.1 Å². The van der Waals surface area contributed by atoms with E-state index >= 15 is 0 Å². The van der Waals surface area contributed by atoms with E-state index in [0.29, 0.717) is 23.0 Å². The van der Waals surface area contributed by atoms with E-state index in [9.17, 15) is 13.6 Å². The fourth-order valence-electron chi connectivity index (χ4n) is 3.48. The molecule has 1 fully saturated rings. The molecule has 0 aliphatic carbocycles. The van der Waals surface area contributed by atoms with Crippen molar-refractivity contribution in [1.29, 1.82) is 0 Å². The first-order valence-corrected chi connectivity index (χ1v) is 10.7. The Bertz CT molecular complexity index is 1060. The highest BCUT2D eigenvalue weighted by atomic mass is 35.5. The van der Waals surface area contributed by atoms with Crippen LogP contribution in [-0.4, -0.2) is 54.9 Å². The van der Waals surface area contributed by atoms with E-state index in [1.54, 1.807) is 41.6 Å². The van der Waals surface area contributed by atoms with Crippen molar-refractivity contribution >= 4 is 35.7 Å². The monoisotopic (exact) mass is 480 g/mol. The van der Waals surface area contributed by atoms with Crippen LogP contribution < -0.4 is 10.5 Å². The fourth-order valence-corrected chi connectivity index (χ4v) is 4.34. The van der Waals surface area contributed by atoms with E-state index in [1.807, 2.05) is 0 Å². The van der Waals surface area contributed by atoms with Crippen LogP contribution in [0.5, 0.6) is 5.75 Å². The molecule has 0 atom stereocenters. The van der Waals surface area contributed by atoms with Gasteiger partial charge < -0.3 is 20.1 Å². The largest absolute Gasteiger partial charge is 0.435 e. The maximum absolute atomic E-state index is 13.3. The summed E-state index contributed by atoms with van der Waals surface area (Å²) in [6.07, 6.45) is 3.21. The van der Waals surface area contributed by atoms with Crippen LogP contribution in [0.25, 0.3) is 0 Å². The molecule has 32 heavy (non-hydrogen) atoms. The van der Waals surface area contributed by atoms with Crippen molar-refractivity contribution in [3.63, 3.8) is 0 Å². The van der Waals surface area contributed by atoms with Crippen molar-refractivity contribution in [1.82, 2.24) is 9.88 Å². The molecule has 168 valence electrons. The lowest BCUT2D eigenvalue weighted by atomic mass is 9.80. The molecule has 1 aromatic carbocycles. The molecule has 0 unspecified atom stereocenters. The van der Waals surface area contributed by atoms with Crippen LogP contribution in [0.15, 0.2) is 63.2 Å². The number of pyridine rings is 1. The van der Waals surface area contributed by atoms with Gasteiger partial charge in [-0.15, -0.1) is 0 Å². The van der Waals surface area contributed by atoms with Crippen LogP contribution in [0.1, 0.15) is 5.69 Å². The molecule has 0 spiro atoms. The Morgan fingerprint density at radius 2 is 2.06 bits per heavy atom. The number of ether oxygens (including phenoxy) is 2. The Labute approximate surface area is 192 Å². The van der Waals surface area contributed by atoms with Crippen molar-refractivity contribution in [3.8, 4) is 5.75 Å². The Morgan fingerprint density at radius 3 is 2.69 bits per heavy atom. The number of halogens is 3. The lowest BCUT2D eigenvalue weighted by Gasteiger charge is -2.42. The van der Waals surface area contributed by atoms with Crippen molar-refractivity contribution in [2.45, 2.75) is 16.9 Å². The minimum absolute atomic E-state index is 0.0761. The molecular formula is C21H19ClF2N4O3S. The average Bonchev–Trinajstić information content (AvgIpc) is 3.10. The van der Waals surface area contributed by atoms with E-state index < -0.39 is 12.0 Å². The number of carbonyl (C=O) groups is 1. The highest BCUT2D eigenvalue weighted by Crippen LogP contribution is 2.38. The molecule has 7 nitrogen and oxygen atoms in total. The third-order valence-corrected chi connectivity index (χ3v) is 6.15. The summed E-state index contributed by atoms with van der Waals surface area (Å²) in [5, 5.41) is 0.424. The highest BCUT2D eigenvalue weighted by Gasteiger charge is 2.52. The lowest BCUT2D eigenvalue weighted by molar-refractivity contribution is -0.155. The number of alkyl halides is 2. The highest BCUT2D eigenvalue weighted by molar-refractivity contribution is 7.98. The molecule has 2 N–H and O–H groups in total. The maximum Gasteiger partial charge on any atom is 0.387 e. The van der Waals surface area contributed by atoms with Gasteiger partial charge in [-0.25, -0.2) is 4.40 Å². The van der Waals surface area contributed by atoms with Gasteiger partial charge in [0, 0.05) is 47.1 Å². The standard InChI is InChI=1S/C21H19ClF2N4O3S/c22-16-2-1-7-26-18(16)21(11-30-12-21)19(29)28-9-13(17(25)10-28)8-27-32-15-5-3-14(4-6-15)31-20(23)24/h1-8,20H,9-12,25H2. The second kappa shape index (κ2) is 9.43. The van der Waals surface area contributed by atoms with Crippen molar-refractivity contribution in [3.05, 3.63) is 64.6 Å². The smallest absolute Gasteiger partial charge is 0.387 e.